The maximum Gasteiger partial charge on any atom is 0.306 e. The quantitative estimate of drug-likeness (QED) is 0.225. The first kappa shape index (κ1) is 27.2. The van der Waals surface area contributed by atoms with Crippen molar-refractivity contribution in [2.45, 2.75) is 46.1 Å². The Labute approximate surface area is 225 Å². The summed E-state index contributed by atoms with van der Waals surface area (Å²) < 4.78 is 25.4. The van der Waals surface area contributed by atoms with E-state index in [2.05, 4.69) is 47.5 Å². The van der Waals surface area contributed by atoms with Crippen LogP contribution in [-0.2, 0) is 33.7 Å². The summed E-state index contributed by atoms with van der Waals surface area (Å²) in [6.07, 6.45) is 2.60. The Balaban J connectivity index is 1.45. The molecule has 0 amide bonds. The number of esters is 1. The summed E-state index contributed by atoms with van der Waals surface area (Å²) in [7, 11) is 1.73. The van der Waals surface area contributed by atoms with E-state index in [9.17, 15) is 9.18 Å². The molecule has 0 fully saturated rings. The van der Waals surface area contributed by atoms with Gasteiger partial charge in [-0.3, -0.25) is 4.79 Å². The van der Waals surface area contributed by atoms with Crippen molar-refractivity contribution in [3.63, 3.8) is 0 Å². The highest BCUT2D eigenvalue weighted by atomic mass is 19.1. The second kappa shape index (κ2) is 13.1. The molecule has 6 heteroatoms. The van der Waals surface area contributed by atoms with Gasteiger partial charge in [0.15, 0.2) is 0 Å². The van der Waals surface area contributed by atoms with Crippen LogP contribution in [0.3, 0.4) is 0 Å². The maximum atomic E-state index is 14.7. The first-order valence-corrected chi connectivity index (χ1v) is 13.3. The lowest BCUT2D eigenvalue weighted by Gasteiger charge is -2.33. The SMILES string of the molecule is CCOC(=O)CCc1ccc(NCc2cccc3c2CCCN3CC(C)=C(OC)c2ccccc2)cc1F. The Hall–Kier alpha value is -3.80. The summed E-state index contributed by atoms with van der Waals surface area (Å²) in [4.78, 5) is 14.0. The number of methoxy groups -OCH3 is 1. The largest absolute Gasteiger partial charge is 0.496 e. The molecule has 0 saturated carbocycles. The Bertz CT molecular complexity index is 1270. The molecule has 0 unspecified atom stereocenters. The molecular formula is C32H37FN2O3. The lowest BCUT2D eigenvalue weighted by molar-refractivity contribution is -0.143. The Kier molecular flexibility index (Phi) is 9.41. The predicted octanol–water partition coefficient (Wildman–Crippen LogP) is 6.76. The average Bonchev–Trinajstić information content (AvgIpc) is 2.93. The number of aryl methyl sites for hydroxylation is 1. The van der Waals surface area contributed by atoms with Crippen molar-refractivity contribution in [2.75, 3.05) is 37.0 Å². The number of anilines is 2. The van der Waals surface area contributed by atoms with E-state index in [-0.39, 0.29) is 18.2 Å². The number of rotatable bonds is 11. The van der Waals surface area contributed by atoms with E-state index in [0.29, 0.717) is 25.1 Å². The minimum absolute atomic E-state index is 0.177. The van der Waals surface area contributed by atoms with Crippen LogP contribution in [0.5, 0.6) is 0 Å². The Morgan fingerprint density at radius 2 is 1.87 bits per heavy atom. The van der Waals surface area contributed by atoms with Gasteiger partial charge in [-0.2, -0.15) is 0 Å². The monoisotopic (exact) mass is 516 g/mol. The Morgan fingerprint density at radius 3 is 2.61 bits per heavy atom. The van der Waals surface area contributed by atoms with Gasteiger partial charge in [0.2, 0.25) is 0 Å². The molecule has 3 aromatic rings. The average molecular weight is 517 g/mol. The molecule has 200 valence electrons. The summed E-state index contributed by atoms with van der Waals surface area (Å²) in [6, 6.07) is 21.8. The number of halogens is 1. The van der Waals surface area contributed by atoms with E-state index >= 15 is 0 Å². The summed E-state index contributed by atoms with van der Waals surface area (Å²) in [5, 5.41) is 3.39. The topological polar surface area (TPSA) is 50.8 Å². The molecule has 1 heterocycles. The number of nitrogens with zero attached hydrogens (tertiary/aromatic N) is 1. The van der Waals surface area contributed by atoms with Gasteiger partial charge < -0.3 is 19.7 Å². The minimum atomic E-state index is -0.310. The molecule has 0 radical (unpaired) electrons. The number of carbonyl (C=O) groups excluding carboxylic acids is 1. The number of hydrogen-bond donors (Lipinski definition) is 1. The number of ether oxygens (including phenoxy) is 2. The third-order valence-electron chi connectivity index (χ3n) is 6.94. The summed E-state index contributed by atoms with van der Waals surface area (Å²) >= 11 is 0. The molecule has 0 spiro atoms. The summed E-state index contributed by atoms with van der Waals surface area (Å²) in [5.74, 6) is 0.305. The van der Waals surface area contributed by atoms with E-state index in [4.69, 9.17) is 9.47 Å². The second-order valence-electron chi connectivity index (χ2n) is 9.58. The lowest BCUT2D eigenvalue weighted by atomic mass is 9.95. The van der Waals surface area contributed by atoms with Crippen molar-refractivity contribution >= 4 is 23.1 Å². The minimum Gasteiger partial charge on any atom is -0.496 e. The second-order valence-corrected chi connectivity index (χ2v) is 9.58. The summed E-state index contributed by atoms with van der Waals surface area (Å²) in [6.45, 7) is 6.63. The van der Waals surface area contributed by atoms with Gasteiger partial charge in [-0.1, -0.05) is 48.5 Å². The highest BCUT2D eigenvalue weighted by molar-refractivity contribution is 5.69. The van der Waals surface area contributed by atoms with Gasteiger partial charge in [0.25, 0.3) is 0 Å². The van der Waals surface area contributed by atoms with Gasteiger partial charge in [-0.15, -0.1) is 0 Å². The lowest BCUT2D eigenvalue weighted by Crippen LogP contribution is -2.32. The fourth-order valence-corrected chi connectivity index (χ4v) is 5.12. The van der Waals surface area contributed by atoms with Crippen LogP contribution in [0.4, 0.5) is 15.8 Å². The van der Waals surface area contributed by atoms with Gasteiger partial charge in [-0.05, 0) is 73.6 Å². The van der Waals surface area contributed by atoms with Gasteiger partial charge in [0.1, 0.15) is 11.6 Å². The predicted molar refractivity (Wildman–Crippen MR) is 152 cm³/mol. The van der Waals surface area contributed by atoms with E-state index in [0.717, 1.165) is 42.9 Å². The van der Waals surface area contributed by atoms with Crippen molar-refractivity contribution < 1.29 is 18.7 Å². The number of nitrogens with one attached hydrogen (secondary N) is 1. The van der Waals surface area contributed by atoms with E-state index in [1.165, 1.54) is 28.5 Å². The first-order valence-electron chi connectivity index (χ1n) is 13.3. The van der Waals surface area contributed by atoms with Crippen LogP contribution < -0.4 is 10.2 Å². The third kappa shape index (κ3) is 6.74. The van der Waals surface area contributed by atoms with Crippen molar-refractivity contribution in [3.05, 3.63) is 100 Å². The van der Waals surface area contributed by atoms with Crippen LogP contribution in [0.15, 0.2) is 72.3 Å². The molecule has 0 atom stereocenters. The molecule has 0 aromatic heterocycles. The molecule has 5 nitrogen and oxygen atoms in total. The van der Waals surface area contributed by atoms with Gasteiger partial charge in [0, 0.05) is 43.0 Å². The molecule has 1 N–H and O–H groups in total. The van der Waals surface area contributed by atoms with Crippen molar-refractivity contribution in [3.8, 4) is 0 Å². The molecule has 1 aliphatic rings. The highest BCUT2D eigenvalue weighted by Gasteiger charge is 2.21. The van der Waals surface area contributed by atoms with Gasteiger partial charge >= 0.3 is 5.97 Å². The van der Waals surface area contributed by atoms with Crippen LogP contribution >= 0.6 is 0 Å². The molecule has 0 saturated heterocycles. The van der Waals surface area contributed by atoms with Crippen molar-refractivity contribution in [2.24, 2.45) is 0 Å². The molecule has 0 bridgehead atoms. The maximum absolute atomic E-state index is 14.7. The molecule has 4 rings (SSSR count). The first-order chi connectivity index (χ1) is 18.5. The van der Waals surface area contributed by atoms with E-state index < -0.39 is 0 Å². The van der Waals surface area contributed by atoms with Crippen LogP contribution in [0, 0.1) is 5.82 Å². The normalized spacial score (nSPS) is 13.4. The summed E-state index contributed by atoms with van der Waals surface area (Å²) in [5.41, 5.74) is 7.32. The van der Waals surface area contributed by atoms with Crippen LogP contribution in [0.25, 0.3) is 5.76 Å². The zero-order valence-electron chi connectivity index (χ0n) is 22.6. The number of fused-ring (bicyclic) bond motifs is 1. The molecular weight excluding hydrogens is 479 g/mol. The fourth-order valence-electron chi connectivity index (χ4n) is 5.12. The van der Waals surface area contributed by atoms with Gasteiger partial charge in [-0.25, -0.2) is 4.39 Å². The zero-order valence-corrected chi connectivity index (χ0v) is 22.6. The number of hydrogen-bond acceptors (Lipinski definition) is 5. The number of benzene rings is 3. The fraction of sp³-hybridized carbons (Fsp3) is 0.344. The number of carbonyl (C=O) groups is 1. The highest BCUT2D eigenvalue weighted by Crippen LogP contribution is 2.32. The van der Waals surface area contributed by atoms with Crippen LogP contribution in [-0.4, -0.2) is 32.8 Å². The van der Waals surface area contributed by atoms with Crippen molar-refractivity contribution in [1.82, 2.24) is 0 Å². The Morgan fingerprint density at radius 1 is 1.05 bits per heavy atom. The van der Waals surface area contributed by atoms with Crippen molar-refractivity contribution in [1.29, 1.82) is 0 Å². The van der Waals surface area contributed by atoms with Crippen LogP contribution in [0.1, 0.15) is 48.9 Å². The molecule has 3 aromatic carbocycles. The molecule has 38 heavy (non-hydrogen) atoms. The van der Waals surface area contributed by atoms with E-state index in [1.807, 2.05) is 24.3 Å². The van der Waals surface area contributed by atoms with Crippen LogP contribution in [0.2, 0.25) is 0 Å². The molecule has 1 aliphatic heterocycles. The smallest absolute Gasteiger partial charge is 0.306 e. The standard InChI is InChI=1S/C32H37FN2O3/c1-4-38-31(36)18-16-24-15-17-27(20-29(24)33)34-21-26-12-8-14-30-28(26)13-9-19-35(30)22-23(2)32(37-3)25-10-6-5-7-11-25/h5-8,10-12,14-15,17,20,34H,4,9,13,16,18-19,21-22H2,1-3H3. The van der Waals surface area contributed by atoms with E-state index in [1.54, 1.807) is 20.1 Å². The third-order valence-corrected chi connectivity index (χ3v) is 6.94. The molecule has 0 aliphatic carbocycles. The van der Waals surface area contributed by atoms with Gasteiger partial charge in [0.05, 0.1) is 13.7 Å². The zero-order chi connectivity index (χ0) is 26.9.